The van der Waals surface area contributed by atoms with Gasteiger partial charge in [0.15, 0.2) is 5.78 Å². The maximum atomic E-state index is 12.1. The average molecular weight is 256 g/mol. The molecular weight excluding hydrogens is 244 g/mol. The number of ketones is 1. The predicted molar refractivity (Wildman–Crippen MR) is 73.1 cm³/mol. The number of Topliss-reactive ketones (excluding diaryl/α,β-unsaturated/α-hetero) is 1. The fourth-order valence-corrected chi connectivity index (χ4v) is 2.75. The molecule has 3 nitrogen and oxygen atoms in total. The number of benzene rings is 1. The van der Waals surface area contributed by atoms with Gasteiger partial charge in [0, 0.05) is 10.3 Å². The summed E-state index contributed by atoms with van der Waals surface area (Å²) in [5.74, 6) is 0.113. The zero-order valence-corrected chi connectivity index (χ0v) is 10.8. The van der Waals surface area contributed by atoms with Crippen LogP contribution in [0.25, 0.3) is 10.9 Å². The lowest BCUT2D eigenvalue weighted by Crippen LogP contribution is -2.10. The van der Waals surface area contributed by atoms with Crippen molar-refractivity contribution in [3.8, 4) is 0 Å². The first kappa shape index (κ1) is 11.2. The van der Waals surface area contributed by atoms with Gasteiger partial charge in [-0.15, -0.1) is 11.3 Å². The van der Waals surface area contributed by atoms with Crippen molar-refractivity contribution < 1.29 is 4.79 Å². The molecule has 18 heavy (non-hydrogen) atoms. The summed E-state index contributed by atoms with van der Waals surface area (Å²) >= 11 is 1.53. The second-order valence-electron chi connectivity index (χ2n) is 4.19. The van der Waals surface area contributed by atoms with Crippen molar-refractivity contribution in [3.63, 3.8) is 0 Å². The van der Waals surface area contributed by atoms with Crippen LogP contribution < -0.4 is 0 Å². The van der Waals surface area contributed by atoms with Crippen molar-refractivity contribution in [3.05, 3.63) is 52.3 Å². The standard InChI is InChI=1S/C14H12N2OS/c1-10-6-7-14(18-10)13(17)9-16-12-5-3-2-4-11(12)8-15-16/h2-8H,9H2,1H3. The van der Waals surface area contributed by atoms with Crippen molar-refractivity contribution >= 4 is 28.0 Å². The summed E-state index contributed by atoms with van der Waals surface area (Å²) < 4.78 is 1.76. The lowest BCUT2D eigenvalue weighted by atomic mass is 10.2. The van der Waals surface area contributed by atoms with Crippen LogP contribution in [0.1, 0.15) is 14.5 Å². The number of nitrogens with zero attached hydrogens (tertiary/aromatic N) is 2. The molecule has 3 rings (SSSR count). The maximum Gasteiger partial charge on any atom is 0.194 e. The van der Waals surface area contributed by atoms with Gasteiger partial charge < -0.3 is 0 Å². The van der Waals surface area contributed by atoms with E-state index in [4.69, 9.17) is 0 Å². The lowest BCUT2D eigenvalue weighted by molar-refractivity contribution is 0.0973. The van der Waals surface area contributed by atoms with E-state index in [2.05, 4.69) is 5.10 Å². The largest absolute Gasteiger partial charge is 0.291 e. The first-order chi connectivity index (χ1) is 8.74. The van der Waals surface area contributed by atoms with Crippen LogP contribution in [-0.4, -0.2) is 15.6 Å². The van der Waals surface area contributed by atoms with E-state index < -0.39 is 0 Å². The molecule has 90 valence electrons. The van der Waals surface area contributed by atoms with Crippen LogP contribution in [0, 0.1) is 6.92 Å². The zero-order valence-electron chi connectivity index (χ0n) is 9.96. The summed E-state index contributed by atoms with van der Waals surface area (Å²) in [6.45, 7) is 2.30. The molecular formula is C14H12N2OS. The number of carbonyl (C=O) groups excluding carboxylic acids is 1. The third kappa shape index (κ3) is 1.95. The number of aryl methyl sites for hydroxylation is 1. The third-order valence-corrected chi connectivity index (χ3v) is 3.90. The first-order valence-corrected chi connectivity index (χ1v) is 6.56. The molecule has 0 fully saturated rings. The molecule has 2 aromatic heterocycles. The molecule has 0 unspecified atom stereocenters. The highest BCUT2D eigenvalue weighted by Gasteiger charge is 2.11. The van der Waals surface area contributed by atoms with E-state index in [9.17, 15) is 4.79 Å². The molecule has 0 aliphatic heterocycles. The third-order valence-electron chi connectivity index (χ3n) is 2.86. The maximum absolute atomic E-state index is 12.1. The fraction of sp³-hybridized carbons (Fsp3) is 0.143. The van der Waals surface area contributed by atoms with E-state index in [1.807, 2.05) is 43.3 Å². The Hall–Kier alpha value is -1.94. The molecule has 0 atom stereocenters. The Balaban J connectivity index is 1.90. The number of carbonyl (C=O) groups is 1. The minimum Gasteiger partial charge on any atom is -0.291 e. The normalized spacial score (nSPS) is 10.9. The number of para-hydroxylation sites is 1. The molecule has 0 bridgehead atoms. The summed E-state index contributed by atoms with van der Waals surface area (Å²) in [4.78, 5) is 14.1. The minimum atomic E-state index is 0.113. The predicted octanol–water partition coefficient (Wildman–Crippen LogP) is 3.29. The summed E-state index contributed by atoms with van der Waals surface area (Å²) in [6, 6.07) is 11.8. The second-order valence-corrected chi connectivity index (χ2v) is 5.48. The second kappa shape index (κ2) is 4.38. The highest BCUT2D eigenvalue weighted by molar-refractivity contribution is 7.14. The lowest BCUT2D eigenvalue weighted by Gasteiger charge is -2.01. The Morgan fingerprint density at radius 1 is 1.28 bits per heavy atom. The number of rotatable bonds is 3. The Kier molecular flexibility index (Phi) is 2.72. The van der Waals surface area contributed by atoms with Gasteiger partial charge in [-0.25, -0.2) is 0 Å². The van der Waals surface area contributed by atoms with Gasteiger partial charge in [-0.1, -0.05) is 18.2 Å². The molecule has 0 aliphatic rings. The van der Waals surface area contributed by atoms with Crippen LogP contribution in [0.3, 0.4) is 0 Å². The quantitative estimate of drug-likeness (QED) is 0.674. The zero-order chi connectivity index (χ0) is 12.5. The molecule has 0 spiro atoms. The molecule has 0 aliphatic carbocycles. The molecule has 4 heteroatoms. The van der Waals surface area contributed by atoms with Crippen molar-refractivity contribution in [2.45, 2.75) is 13.5 Å². The summed E-state index contributed by atoms with van der Waals surface area (Å²) in [5, 5.41) is 5.33. The van der Waals surface area contributed by atoms with Crippen LogP contribution in [0.5, 0.6) is 0 Å². The summed E-state index contributed by atoms with van der Waals surface area (Å²) in [6.07, 6.45) is 1.79. The monoisotopic (exact) mass is 256 g/mol. The van der Waals surface area contributed by atoms with Gasteiger partial charge in [0.05, 0.1) is 16.6 Å². The van der Waals surface area contributed by atoms with E-state index in [0.717, 1.165) is 20.7 Å². The Labute approximate surface area is 109 Å². The Morgan fingerprint density at radius 3 is 2.89 bits per heavy atom. The topological polar surface area (TPSA) is 34.9 Å². The van der Waals surface area contributed by atoms with Crippen LogP contribution in [-0.2, 0) is 6.54 Å². The van der Waals surface area contributed by atoms with Crippen LogP contribution in [0.15, 0.2) is 42.6 Å². The molecule has 0 amide bonds. The summed E-state index contributed by atoms with van der Waals surface area (Å²) in [5.41, 5.74) is 0.999. The SMILES string of the molecule is Cc1ccc(C(=O)Cn2ncc3ccccc32)s1. The molecule has 0 radical (unpaired) electrons. The van der Waals surface area contributed by atoms with Crippen LogP contribution >= 0.6 is 11.3 Å². The molecule has 2 heterocycles. The minimum absolute atomic E-state index is 0.113. The van der Waals surface area contributed by atoms with Crippen molar-refractivity contribution in [2.24, 2.45) is 0 Å². The van der Waals surface area contributed by atoms with Gasteiger partial charge in [0.1, 0.15) is 6.54 Å². The van der Waals surface area contributed by atoms with Gasteiger partial charge in [0.2, 0.25) is 0 Å². The van der Waals surface area contributed by atoms with Gasteiger partial charge in [-0.05, 0) is 25.1 Å². The number of aromatic nitrogens is 2. The number of hydrogen-bond donors (Lipinski definition) is 0. The van der Waals surface area contributed by atoms with E-state index >= 15 is 0 Å². The first-order valence-electron chi connectivity index (χ1n) is 5.74. The van der Waals surface area contributed by atoms with E-state index in [1.54, 1.807) is 10.9 Å². The molecule has 1 aromatic carbocycles. The smallest absolute Gasteiger partial charge is 0.194 e. The van der Waals surface area contributed by atoms with E-state index in [1.165, 1.54) is 11.3 Å². The Morgan fingerprint density at radius 2 is 2.11 bits per heavy atom. The Bertz CT molecular complexity index is 711. The van der Waals surface area contributed by atoms with Crippen molar-refractivity contribution in [1.82, 2.24) is 9.78 Å². The molecule has 0 N–H and O–H groups in total. The number of fused-ring (bicyclic) bond motifs is 1. The van der Waals surface area contributed by atoms with Crippen molar-refractivity contribution in [2.75, 3.05) is 0 Å². The highest BCUT2D eigenvalue weighted by Crippen LogP contribution is 2.18. The van der Waals surface area contributed by atoms with E-state index in [0.29, 0.717) is 6.54 Å². The number of thiophene rings is 1. The van der Waals surface area contributed by atoms with Crippen LogP contribution in [0.4, 0.5) is 0 Å². The highest BCUT2D eigenvalue weighted by atomic mass is 32.1. The average Bonchev–Trinajstić information content (AvgIpc) is 2.97. The molecule has 0 saturated carbocycles. The van der Waals surface area contributed by atoms with Gasteiger partial charge >= 0.3 is 0 Å². The van der Waals surface area contributed by atoms with Crippen molar-refractivity contribution in [1.29, 1.82) is 0 Å². The molecule has 0 saturated heterocycles. The fourth-order valence-electron chi connectivity index (χ4n) is 1.95. The van der Waals surface area contributed by atoms with Gasteiger partial charge in [-0.3, -0.25) is 9.48 Å². The summed E-state index contributed by atoms with van der Waals surface area (Å²) in [7, 11) is 0. The van der Waals surface area contributed by atoms with Gasteiger partial charge in [-0.2, -0.15) is 5.10 Å². The van der Waals surface area contributed by atoms with E-state index in [-0.39, 0.29) is 5.78 Å². The molecule has 3 aromatic rings. The van der Waals surface area contributed by atoms with Crippen LogP contribution in [0.2, 0.25) is 0 Å². The number of hydrogen-bond acceptors (Lipinski definition) is 3. The van der Waals surface area contributed by atoms with Gasteiger partial charge in [0.25, 0.3) is 0 Å².